The monoisotopic (exact) mass is 260 g/mol. The van der Waals surface area contributed by atoms with Gasteiger partial charge in [0.2, 0.25) is 5.65 Å². The van der Waals surface area contributed by atoms with E-state index in [0.29, 0.717) is 10.7 Å². The van der Waals surface area contributed by atoms with Gasteiger partial charge in [0.15, 0.2) is 0 Å². The highest BCUT2D eigenvalue weighted by atomic mass is 35.5. The Morgan fingerprint density at radius 3 is 2.89 bits per heavy atom. The molecule has 90 valence electrons. The number of aromatic nitrogens is 4. The van der Waals surface area contributed by atoms with Crippen molar-refractivity contribution in [2.24, 2.45) is 0 Å². The summed E-state index contributed by atoms with van der Waals surface area (Å²) in [6.45, 7) is 1.90. The molecule has 1 aromatic carbocycles. The molecule has 3 aromatic rings. The van der Waals surface area contributed by atoms with Crippen molar-refractivity contribution in [3.05, 3.63) is 57.9 Å². The van der Waals surface area contributed by atoms with E-state index in [1.54, 1.807) is 28.9 Å². The van der Waals surface area contributed by atoms with Gasteiger partial charge in [0.1, 0.15) is 6.33 Å². The average Bonchev–Trinajstić information content (AvgIpc) is 2.83. The highest BCUT2D eigenvalue weighted by Gasteiger charge is 2.07. The summed E-state index contributed by atoms with van der Waals surface area (Å²) in [6, 6.07) is 5.42. The molecule has 18 heavy (non-hydrogen) atoms. The number of halogens is 1. The van der Waals surface area contributed by atoms with Gasteiger partial charge >= 0.3 is 5.56 Å². The number of benzene rings is 1. The lowest BCUT2D eigenvalue weighted by Gasteiger charge is -2.07. The van der Waals surface area contributed by atoms with E-state index in [1.165, 1.54) is 10.9 Å². The highest BCUT2D eigenvalue weighted by Crippen LogP contribution is 2.17. The summed E-state index contributed by atoms with van der Waals surface area (Å²) >= 11 is 5.97. The quantitative estimate of drug-likeness (QED) is 0.671. The lowest BCUT2D eigenvalue weighted by Crippen LogP contribution is -2.20. The van der Waals surface area contributed by atoms with Crippen LogP contribution < -0.4 is 5.56 Å². The summed E-state index contributed by atoms with van der Waals surface area (Å²) < 4.78 is 3.11. The van der Waals surface area contributed by atoms with Crippen molar-refractivity contribution in [1.82, 2.24) is 19.2 Å². The topological polar surface area (TPSA) is 52.2 Å². The predicted molar refractivity (Wildman–Crippen MR) is 68.3 cm³/mol. The first kappa shape index (κ1) is 11.0. The molecule has 0 saturated carbocycles. The summed E-state index contributed by atoms with van der Waals surface area (Å²) in [5.74, 6) is 0. The highest BCUT2D eigenvalue weighted by molar-refractivity contribution is 6.31. The van der Waals surface area contributed by atoms with Crippen LogP contribution in [0.2, 0.25) is 5.02 Å². The van der Waals surface area contributed by atoms with Gasteiger partial charge in [-0.25, -0.2) is 0 Å². The molecule has 0 bridgehead atoms. The second-order valence-corrected chi connectivity index (χ2v) is 4.38. The van der Waals surface area contributed by atoms with E-state index in [2.05, 4.69) is 10.2 Å². The van der Waals surface area contributed by atoms with Crippen LogP contribution in [0, 0.1) is 6.92 Å². The van der Waals surface area contributed by atoms with Gasteiger partial charge in [-0.05, 0) is 30.7 Å². The van der Waals surface area contributed by atoms with Crippen LogP contribution in [0.5, 0.6) is 0 Å². The number of nitrogens with zero attached hydrogens (tertiary/aromatic N) is 4. The Morgan fingerprint density at radius 1 is 1.28 bits per heavy atom. The summed E-state index contributed by atoms with van der Waals surface area (Å²) in [7, 11) is 0. The first-order valence-electron chi connectivity index (χ1n) is 5.34. The first-order chi connectivity index (χ1) is 8.66. The lowest BCUT2D eigenvalue weighted by atomic mass is 10.2. The van der Waals surface area contributed by atoms with Crippen LogP contribution in [-0.4, -0.2) is 19.2 Å². The third kappa shape index (κ3) is 1.60. The van der Waals surface area contributed by atoms with Crippen LogP contribution in [0.25, 0.3) is 11.3 Å². The largest absolute Gasteiger partial charge is 0.300 e. The fourth-order valence-electron chi connectivity index (χ4n) is 1.80. The van der Waals surface area contributed by atoms with Gasteiger partial charge < -0.3 is 0 Å². The Labute approximate surface area is 107 Å². The normalized spacial score (nSPS) is 11.0. The van der Waals surface area contributed by atoms with Crippen LogP contribution >= 0.6 is 11.6 Å². The smallest absolute Gasteiger partial charge is 0.283 e. The minimum Gasteiger partial charge on any atom is -0.283 e. The van der Waals surface area contributed by atoms with E-state index >= 15 is 0 Å². The molecule has 0 saturated heterocycles. The molecule has 3 rings (SSSR count). The Bertz CT molecular complexity index is 790. The van der Waals surface area contributed by atoms with Gasteiger partial charge in [-0.2, -0.15) is 0 Å². The van der Waals surface area contributed by atoms with Crippen molar-refractivity contribution in [2.45, 2.75) is 6.92 Å². The van der Waals surface area contributed by atoms with Crippen molar-refractivity contribution >= 4 is 17.2 Å². The Morgan fingerprint density at radius 2 is 2.11 bits per heavy atom. The van der Waals surface area contributed by atoms with Gasteiger partial charge in [0.25, 0.3) is 0 Å². The summed E-state index contributed by atoms with van der Waals surface area (Å²) in [5, 5.41) is 8.18. The average molecular weight is 261 g/mol. The molecule has 0 atom stereocenters. The molecule has 0 fully saturated rings. The molecule has 2 aromatic heterocycles. The van der Waals surface area contributed by atoms with Crippen molar-refractivity contribution in [3.8, 4) is 5.69 Å². The Hall–Kier alpha value is -2.14. The molecule has 0 aliphatic carbocycles. The fraction of sp³-hybridized carbons (Fsp3) is 0.0833. The molecule has 0 radical (unpaired) electrons. The summed E-state index contributed by atoms with van der Waals surface area (Å²) in [4.78, 5) is 12.2. The first-order valence-corrected chi connectivity index (χ1v) is 5.72. The van der Waals surface area contributed by atoms with E-state index in [4.69, 9.17) is 11.6 Å². The summed E-state index contributed by atoms with van der Waals surface area (Å²) in [5.41, 5.74) is 1.76. The molecule has 0 amide bonds. The SMILES string of the molecule is Cc1cc(-n2ccn3cnnc3c2=O)ccc1Cl. The molecule has 0 aliphatic rings. The number of fused-ring (bicyclic) bond motifs is 1. The van der Waals surface area contributed by atoms with Crippen LogP contribution in [0.3, 0.4) is 0 Å². The number of rotatable bonds is 1. The molecule has 5 nitrogen and oxygen atoms in total. The van der Waals surface area contributed by atoms with Crippen molar-refractivity contribution in [1.29, 1.82) is 0 Å². The van der Waals surface area contributed by atoms with Gasteiger partial charge in [0, 0.05) is 23.1 Å². The zero-order valence-corrected chi connectivity index (χ0v) is 10.3. The van der Waals surface area contributed by atoms with Crippen molar-refractivity contribution in [2.75, 3.05) is 0 Å². The second kappa shape index (κ2) is 3.96. The molecule has 0 unspecified atom stereocenters. The van der Waals surface area contributed by atoms with E-state index in [-0.39, 0.29) is 5.56 Å². The molecule has 0 N–H and O–H groups in total. The van der Waals surface area contributed by atoms with E-state index in [0.717, 1.165) is 11.3 Å². The molecular formula is C12H9ClN4O. The van der Waals surface area contributed by atoms with Crippen LogP contribution in [0.1, 0.15) is 5.56 Å². The Kier molecular flexibility index (Phi) is 2.41. The number of hydrogen-bond donors (Lipinski definition) is 0. The third-order valence-electron chi connectivity index (χ3n) is 2.78. The van der Waals surface area contributed by atoms with Gasteiger partial charge in [-0.1, -0.05) is 11.6 Å². The minimum absolute atomic E-state index is 0.211. The molecule has 0 spiro atoms. The molecule has 6 heteroatoms. The van der Waals surface area contributed by atoms with Gasteiger partial charge in [-0.3, -0.25) is 13.8 Å². The maximum Gasteiger partial charge on any atom is 0.300 e. The van der Waals surface area contributed by atoms with Crippen LogP contribution in [0.15, 0.2) is 41.7 Å². The maximum absolute atomic E-state index is 12.2. The van der Waals surface area contributed by atoms with E-state index < -0.39 is 0 Å². The molecule has 2 heterocycles. The maximum atomic E-state index is 12.2. The van der Waals surface area contributed by atoms with Crippen LogP contribution in [-0.2, 0) is 0 Å². The minimum atomic E-state index is -0.211. The fourth-order valence-corrected chi connectivity index (χ4v) is 1.92. The van der Waals surface area contributed by atoms with Crippen molar-refractivity contribution < 1.29 is 0 Å². The zero-order valence-electron chi connectivity index (χ0n) is 9.54. The standard InChI is InChI=1S/C12H9ClN4O/c1-8-6-9(2-3-10(8)13)17-5-4-16-7-14-15-11(16)12(17)18/h2-7H,1H3. The second-order valence-electron chi connectivity index (χ2n) is 3.97. The number of aryl methyl sites for hydroxylation is 1. The van der Waals surface area contributed by atoms with E-state index in [1.807, 2.05) is 13.0 Å². The lowest BCUT2D eigenvalue weighted by molar-refractivity contribution is 0.948. The molecular weight excluding hydrogens is 252 g/mol. The third-order valence-corrected chi connectivity index (χ3v) is 3.20. The number of hydrogen-bond acceptors (Lipinski definition) is 3. The van der Waals surface area contributed by atoms with Gasteiger partial charge in [-0.15, -0.1) is 10.2 Å². The van der Waals surface area contributed by atoms with Crippen molar-refractivity contribution in [3.63, 3.8) is 0 Å². The molecule has 0 aliphatic heterocycles. The van der Waals surface area contributed by atoms with Gasteiger partial charge in [0.05, 0.1) is 0 Å². The zero-order chi connectivity index (χ0) is 12.7. The predicted octanol–water partition coefficient (Wildman–Crippen LogP) is 1.84. The van der Waals surface area contributed by atoms with Crippen LogP contribution in [0.4, 0.5) is 0 Å². The Balaban J connectivity index is 2.28. The summed E-state index contributed by atoms with van der Waals surface area (Å²) in [6.07, 6.45) is 4.91. The van der Waals surface area contributed by atoms with E-state index in [9.17, 15) is 4.79 Å².